The summed E-state index contributed by atoms with van der Waals surface area (Å²) in [6, 6.07) is 12.2. The molecule has 2 aliphatic rings. The second-order valence-electron chi connectivity index (χ2n) is 7.89. The Morgan fingerprint density at radius 3 is 2.67 bits per heavy atom. The molecule has 0 unspecified atom stereocenters. The Balaban J connectivity index is 1.31. The van der Waals surface area contributed by atoms with E-state index in [1.807, 2.05) is 55.1 Å². The van der Waals surface area contributed by atoms with Crippen LogP contribution in [0.4, 0.5) is 11.6 Å². The topological polar surface area (TPSA) is 71.0 Å². The molecule has 6 heteroatoms. The number of carbonyl (C=O) groups excluding carboxylic acids is 1. The number of benzene rings is 1. The maximum absolute atomic E-state index is 13.0. The molecule has 3 heterocycles. The van der Waals surface area contributed by atoms with E-state index in [1.54, 1.807) is 12.4 Å². The fourth-order valence-corrected chi connectivity index (χ4v) is 4.08. The highest BCUT2D eigenvalue weighted by Crippen LogP contribution is 2.44. The maximum Gasteiger partial charge on any atom is 0.238 e. The number of pyridine rings is 1. The molecule has 0 atom stereocenters. The quantitative estimate of drug-likeness (QED) is 0.777. The van der Waals surface area contributed by atoms with Crippen molar-refractivity contribution >= 4 is 28.6 Å². The zero-order valence-corrected chi connectivity index (χ0v) is 15.4. The van der Waals surface area contributed by atoms with Crippen molar-refractivity contribution in [1.82, 2.24) is 15.0 Å². The van der Waals surface area contributed by atoms with Gasteiger partial charge in [-0.3, -0.25) is 14.7 Å². The van der Waals surface area contributed by atoms with Gasteiger partial charge in [0.2, 0.25) is 5.91 Å². The van der Waals surface area contributed by atoms with Crippen molar-refractivity contribution in [1.29, 1.82) is 0 Å². The lowest BCUT2D eigenvalue weighted by atomic mass is 9.84. The van der Waals surface area contributed by atoms with Crippen molar-refractivity contribution < 1.29 is 4.79 Å². The molecule has 1 fully saturated rings. The number of carbonyl (C=O) groups is 1. The van der Waals surface area contributed by atoms with Gasteiger partial charge in [0, 0.05) is 23.8 Å². The van der Waals surface area contributed by atoms with Gasteiger partial charge in [-0.2, -0.15) is 0 Å². The molecule has 0 radical (unpaired) electrons. The second-order valence-corrected chi connectivity index (χ2v) is 7.89. The summed E-state index contributed by atoms with van der Waals surface area (Å²) in [5, 5.41) is 3.45. The van der Waals surface area contributed by atoms with E-state index in [4.69, 9.17) is 0 Å². The molecule has 1 aliphatic heterocycles. The van der Waals surface area contributed by atoms with Crippen LogP contribution in [0.5, 0.6) is 0 Å². The third-order valence-electron chi connectivity index (χ3n) is 5.72. The number of hydrogen-bond donors (Lipinski definition) is 1. The predicted octanol–water partition coefficient (Wildman–Crippen LogP) is 3.29. The molecule has 3 aromatic rings. The fraction of sp³-hybridized carbons (Fsp3) is 0.333. The van der Waals surface area contributed by atoms with Gasteiger partial charge in [-0.25, -0.2) is 9.97 Å². The van der Waals surface area contributed by atoms with Crippen molar-refractivity contribution in [2.45, 2.75) is 44.2 Å². The molecule has 1 aliphatic carbocycles. The highest BCUT2D eigenvalue weighted by Gasteiger charge is 2.50. The molecule has 27 heavy (non-hydrogen) atoms. The van der Waals surface area contributed by atoms with Crippen LogP contribution in [0.15, 0.2) is 48.8 Å². The van der Waals surface area contributed by atoms with Gasteiger partial charge in [-0.1, -0.05) is 18.2 Å². The summed E-state index contributed by atoms with van der Waals surface area (Å²) in [4.78, 5) is 28.4. The number of hydrogen-bond acceptors (Lipinski definition) is 5. The van der Waals surface area contributed by atoms with Gasteiger partial charge < -0.3 is 5.32 Å². The molecule has 2 aromatic heterocycles. The van der Waals surface area contributed by atoms with Crippen molar-refractivity contribution in [2.75, 3.05) is 10.2 Å². The Kier molecular flexibility index (Phi) is 3.44. The zero-order chi connectivity index (χ0) is 18.6. The lowest BCUT2D eigenvalue weighted by Crippen LogP contribution is -2.53. The average Bonchev–Trinajstić information content (AvgIpc) is 2.85. The molecular formula is C21H21N5O. The Hall–Kier alpha value is -3.02. The first kappa shape index (κ1) is 16.2. The van der Waals surface area contributed by atoms with Crippen LogP contribution in [-0.2, 0) is 10.2 Å². The number of nitrogens with one attached hydrogen (secondary N) is 1. The van der Waals surface area contributed by atoms with Gasteiger partial charge in [0.15, 0.2) is 0 Å². The monoisotopic (exact) mass is 359 g/mol. The number of amides is 1. The van der Waals surface area contributed by atoms with Gasteiger partial charge >= 0.3 is 0 Å². The molecule has 6 nitrogen and oxygen atoms in total. The van der Waals surface area contributed by atoms with Gasteiger partial charge in [-0.15, -0.1) is 0 Å². The van der Waals surface area contributed by atoms with Crippen LogP contribution in [0, 0.1) is 0 Å². The van der Waals surface area contributed by atoms with Crippen LogP contribution >= 0.6 is 0 Å². The fourth-order valence-electron chi connectivity index (χ4n) is 4.08. The number of aromatic nitrogens is 3. The van der Waals surface area contributed by atoms with E-state index in [0.717, 1.165) is 41.1 Å². The van der Waals surface area contributed by atoms with Crippen LogP contribution in [0.2, 0.25) is 0 Å². The molecule has 1 amide bonds. The molecular weight excluding hydrogens is 338 g/mol. The van der Waals surface area contributed by atoms with Gasteiger partial charge in [0.1, 0.15) is 11.6 Å². The van der Waals surface area contributed by atoms with E-state index in [1.165, 1.54) is 0 Å². The first-order chi connectivity index (χ1) is 13.0. The van der Waals surface area contributed by atoms with E-state index < -0.39 is 5.41 Å². The summed E-state index contributed by atoms with van der Waals surface area (Å²) in [6.45, 7) is 3.96. The van der Waals surface area contributed by atoms with E-state index in [0.29, 0.717) is 0 Å². The van der Waals surface area contributed by atoms with Crippen LogP contribution in [-0.4, -0.2) is 32.9 Å². The molecule has 0 saturated heterocycles. The number of fused-ring (bicyclic) bond motifs is 2. The smallest absolute Gasteiger partial charge is 0.238 e. The standard InChI is InChI=1S/C21H21N5O/c1-21(2)15-6-5-9-22-19(15)26(20(21)27)14-10-13(11-14)24-18-12-23-16-7-3-4-8-17(16)25-18/h3-9,12-14H,10-11H2,1-2H3,(H,24,25). The minimum Gasteiger partial charge on any atom is -0.366 e. The molecule has 1 aromatic carbocycles. The van der Waals surface area contributed by atoms with E-state index in [9.17, 15) is 4.79 Å². The largest absolute Gasteiger partial charge is 0.366 e. The Morgan fingerprint density at radius 1 is 1.07 bits per heavy atom. The molecule has 5 rings (SSSR count). The SMILES string of the molecule is CC1(C)C(=O)N(C2CC(Nc3cnc4ccccc4n3)C2)c2ncccc21. The lowest BCUT2D eigenvalue weighted by molar-refractivity contribution is -0.122. The van der Waals surface area contributed by atoms with Crippen molar-refractivity contribution in [2.24, 2.45) is 0 Å². The summed E-state index contributed by atoms with van der Waals surface area (Å²) in [6.07, 6.45) is 5.30. The third-order valence-corrected chi connectivity index (χ3v) is 5.72. The Labute approximate surface area is 157 Å². The molecule has 0 bridgehead atoms. The predicted molar refractivity (Wildman–Crippen MR) is 105 cm³/mol. The molecule has 0 spiro atoms. The molecule has 136 valence electrons. The molecule has 1 N–H and O–H groups in total. The summed E-state index contributed by atoms with van der Waals surface area (Å²) >= 11 is 0. The summed E-state index contributed by atoms with van der Waals surface area (Å²) in [7, 11) is 0. The first-order valence-electron chi connectivity index (χ1n) is 9.31. The average molecular weight is 359 g/mol. The number of rotatable bonds is 3. The third kappa shape index (κ3) is 2.47. The van der Waals surface area contributed by atoms with E-state index in [2.05, 4.69) is 20.3 Å². The first-order valence-corrected chi connectivity index (χ1v) is 9.31. The van der Waals surface area contributed by atoms with Crippen molar-refractivity contribution in [3.8, 4) is 0 Å². The summed E-state index contributed by atoms with van der Waals surface area (Å²) in [5.74, 6) is 1.75. The van der Waals surface area contributed by atoms with Crippen LogP contribution < -0.4 is 10.2 Å². The van der Waals surface area contributed by atoms with E-state index in [-0.39, 0.29) is 18.0 Å². The second kappa shape index (κ2) is 5.74. The lowest BCUT2D eigenvalue weighted by Gasteiger charge is -2.41. The highest BCUT2D eigenvalue weighted by atomic mass is 16.2. The van der Waals surface area contributed by atoms with Crippen LogP contribution in [0.25, 0.3) is 11.0 Å². The summed E-state index contributed by atoms with van der Waals surface area (Å²) in [5.41, 5.74) is 2.29. The van der Waals surface area contributed by atoms with Gasteiger partial charge in [0.25, 0.3) is 0 Å². The Morgan fingerprint density at radius 2 is 1.85 bits per heavy atom. The van der Waals surface area contributed by atoms with Gasteiger partial charge in [0.05, 0.1) is 22.6 Å². The van der Waals surface area contributed by atoms with Crippen LogP contribution in [0.3, 0.4) is 0 Å². The summed E-state index contributed by atoms with van der Waals surface area (Å²) < 4.78 is 0. The Bertz CT molecular complexity index is 1040. The zero-order valence-electron chi connectivity index (χ0n) is 15.4. The minimum absolute atomic E-state index is 0.144. The van der Waals surface area contributed by atoms with Crippen molar-refractivity contribution in [3.63, 3.8) is 0 Å². The number of anilines is 2. The van der Waals surface area contributed by atoms with E-state index >= 15 is 0 Å². The van der Waals surface area contributed by atoms with Crippen LogP contribution in [0.1, 0.15) is 32.3 Å². The molecule has 1 saturated carbocycles. The maximum atomic E-state index is 13.0. The van der Waals surface area contributed by atoms with Gasteiger partial charge in [-0.05, 0) is 44.9 Å². The minimum atomic E-state index is -0.508. The number of nitrogens with zero attached hydrogens (tertiary/aromatic N) is 4. The normalized spacial score (nSPS) is 23.2. The highest BCUT2D eigenvalue weighted by molar-refractivity contribution is 6.07. The number of para-hydroxylation sites is 2. The van der Waals surface area contributed by atoms with Crippen molar-refractivity contribution in [3.05, 3.63) is 54.4 Å².